The molecule has 1 heterocycles. The Morgan fingerprint density at radius 3 is 2.56 bits per heavy atom. The van der Waals surface area contributed by atoms with Crippen LogP contribution < -0.4 is 15.5 Å². The van der Waals surface area contributed by atoms with E-state index in [-0.39, 0.29) is 18.2 Å². The molecule has 1 aliphatic heterocycles. The lowest BCUT2D eigenvalue weighted by Crippen LogP contribution is -2.50. The van der Waals surface area contributed by atoms with Crippen LogP contribution in [0.3, 0.4) is 0 Å². The van der Waals surface area contributed by atoms with Crippen molar-refractivity contribution in [1.29, 1.82) is 0 Å². The first-order valence-electron chi connectivity index (χ1n) is 8.20. The highest BCUT2D eigenvalue weighted by molar-refractivity contribution is 6.06. The lowest BCUT2D eigenvalue weighted by Gasteiger charge is -2.38. The topological polar surface area (TPSA) is 61.4 Å². The summed E-state index contributed by atoms with van der Waals surface area (Å²) in [5, 5.41) is 5.73. The minimum atomic E-state index is -0.574. The van der Waals surface area contributed by atoms with Crippen LogP contribution in [0.4, 0.5) is 17.1 Å². The lowest BCUT2D eigenvalue weighted by atomic mass is 10.0. The largest absolute Gasteiger partial charge is 0.353 e. The second kappa shape index (κ2) is 7.21. The van der Waals surface area contributed by atoms with Gasteiger partial charge in [0.15, 0.2) is 0 Å². The van der Waals surface area contributed by atoms with Crippen LogP contribution in [0.5, 0.6) is 0 Å². The summed E-state index contributed by atoms with van der Waals surface area (Å²) in [7, 11) is 0. The van der Waals surface area contributed by atoms with Gasteiger partial charge in [0.05, 0.1) is 17.8 Å². The molecule has 2 N–H and O–H groups in total. The zero-order valence-electron chi connectivity index (χ0n) is 14.2. The highest BCUT2D eigenvalue weighted by atomic mass is 16.2. The monoisotopic (exact) mass is 335 g/mol. The zero-order chi connectivity index (χ0) is 17.8. The normalized spacial score (nSPS) is 16.0. The molecular formula is C20H21N3O2. The van der Waals surface area contributed by atoms with Gasteiger partial charge in [-0.2, -0.15) is 0 Å². The molecule has 1 aliphatic rings. The van der Waals surface area contributed by atoms with Gasteiger partial charge in [-0.15, -0.1) is 0 Å². The van der Waals surface area contributed by atoms with Gasteiger partial charge < -0.3 is 15.5 Å². The molecule has 0 bridgehead atoms. The molecule has 128 valence electrons. The Morgan fingerprint density at radius 1 is 1.16 bits per heavy atom. The summed E-state index contributed by atoms with van der Waals surface area (Å²) in [4.78, 5) is 26.9. The van der Waals surface area contributed by atoms with Crippen molar-refractivity contribution in [3.05, 3.63) is 66.7 Å². The fourth-order valence-electron chi connectivity index (χ4n) is 2.95. The van der Waals surface area contributed by atoms with Crippen molar-refractivity contribution >= 4 is 28.9 Å². The number of carbonyl (C=O) groups is 2. The predicted molar refractivity (Wildman–Crippen MR) is 101 cm³/mol. The first-order chi connectivity index (χ1) is 12.0. The number of rotatable bonds is 5. The van der Waals surface area contributed by atoms with Crippen molar-refractivity contribution in [2.24, 2.45) is 0 Å². The fourth-order valence-corrected chi connectivity index (χ4v) is 2.95. The summed E-state index contributed by atoms with van der Waals surface area (Å²) in [6, 6.07) is 16.3. The highest BCUT2D eigenvalue weighted by Gasteiger charge is 2.34. The van der Waals surface area contributed by atoms with Crippen molar-refractivity contribution in [3.8, 4) is 0 Å². The third-order valence-corrected chi connectivity index (χ3v) is 4.03. The van der Waals surface area contributed by atoms with Crippen LogP contribution in [0.1, 0.15) is 13.3 Å². The van der Waals surface area contributed by atoms with Crippen LogP contribution >= 0.6 is 0 Å². The predicted octanol–water partition coefficient (Wildman–Crippen LogP) is 3.42. The summed E-state index contributed by atoms with van der Waals surface area (Å²) in [5.74, 6) is -0.374. The molecule has 2 aromatic carbocycles. The molecule has 0 radical (unpaired) electrons. The maximum atomic E-state index is 12.6. The SMILES string of the molecule is C=C(C)CN1c2ccccc2NC(=O)[C@@H]1CC(=O)Nc1ccccc1. The van der Waals surface area contributed by atoms with E-state index in [2.05, 4.69) is 17.2 Å². The van der Waals surface area contributed by atoms with Crippen LogP contribution in [0.15, 0.2) is 66.7 Å². The molecular weight excluding hydrogens is 314 g/mol. The fraction of sp³-hybridized carbons (Fsp3) is 0.200. The number of nitrogens with zero attached hydrogens (tertiary/aromatic N) is 1. The molecule has 0 aromatic heterocycles. The van der Waals surface area contributed by atoms with Gasteiger partial charge in [0.25, 0.3) is 0 Å². The summed E-state index contributed by atoms with van der Waals surface area (Å²) < 4.78 is 0. The number of anilines is 3. The third-order valence-electron chi connectivity index (χ3n) is 4.03. The van der Waals surface area contributed by atoms with Crippen molar-refractivity contribution in [3.63, 3.8) is 0 Å². The number of para-hydroxylation sites is 3. The molecule has 0 spiro atoms. The second-order valence-corrected chi connectivity index (χ2v) is 6.23. The van der Waals surface area contributed by atoms with Gasteiger partial charge in [0.1, 0.15) is 6.04 Å². The van der Waals surface area contributed by atoms with E-state index in [1.165, 1.54) is 0 Å². The number of fused-ring (bicyclic) bond motifs is 1. The summed E-state index contributed by atoms with van der Waals surface area (Å²) >= 11 is 0. The minimum Gasteiger partial charge on any atom is -0.353 e. The molecule has 0 saturated carbocycles. The first-order valence-corrected chi connectivity index (χ1v) is 8.20. The highest BCUT2D eigenvalue weighted by Crippen LogP contribution is 2.33. The van der Waals surface area contributed by atoms with Gasteiger partial charge in [-0.1, -0.05) is 42.5 Å². The van der Waals surface area contributed by atoms with E-state index in [9.17, 15) is 9.59 Å². The van der Waals surface area contributed by atoms with Gasteiger partial charge in [0.2, 0.25) is 11.8 Å². The number of carbonyl (C=O) groups excluding carboxylic acids is 2. The maximum absolute atomic E-state index is 12.6. The molecule has 2 amide bonds. The molecule has 5 heteroatoms. The average molecular weight is 335 g/mol. The number of nitrogens with one attached hydrogen (secondary N) is 2. The molecule has 0 aliphatic carbocycles. The molecule has 0 saturated heterocycles. The quantitative estimate of drug-likeness (QED) is 0.823. The Labute approximate surface area is 147 Å². The van der Waals surface area contributed by atoms with Crippen molar-refractivity contribution in [1.82, 2.24) is 0 Å². The van der Waals surface area contributed by atoms with Crippen LogP contribution in [0.2, 0.25) is 0 Å². The number of hydrogen-bond donors (Lipinski definition) is 2. The van der Waals surface area contributed by atoms with Crippen molar-refractivity contribution < 1.29 is 9.59 Å². The minimum absolute atomic E-state index is 0.0718. The zero-order valence-corrected chi connectivity index (χ0v) is 14.2. The van der Waals surface area contributed by atoms with E-state index in [0.717, 1.165) is 22.6 Å². The molecule has 0 unspecified atom stereocenters. The summed E-state index contributed by atoms with van der Waals surface area (Å²) in [6.45, 7) is 6.39. The van der Waals surface area contributed by atoms with Crippen molar-refractivity contribution in [2.75, 3.05) is 22.1 Å². The molecule has 3 rings (SSSR count). The first kappa shape index (κ1) is 16.8. The van der Waals surface area contributed by atoms with Crippen LogP contribution in [-0.2, 0) is 9.59 Å². The van der Waals surface area contributed by atoms with Crippen LogP contribution in [0, 0.1) is 0 Å². The van der Waals surface area contributed by atoms with Gasteiger partial charge in [0, 0.05) is 12.2 Å². The third kappa shape index (κ3) is 3.88. The summed E-state index contributed by atoms with van der Waals surface area (Å²) in [5.41, 5.74) is 3.31. The van der Waals surface area contributed by atoms with Gasteiger partial charge >= 0.3 is 0 Å². The lowest BCUT2D eigenvalue weighted by molar-refractivity contribution is -0.122. The van der Waals surface area contributed by atoms with E-state index < -0.39 is 6.04 Å². The molecule has 1 atom stereocenters. The Bertz CT molecular complexity index is 802. The van der Waals surface area contributed by atoms with E-state index in [1.807, 2.05) is 66.4 Å². The Hall–Kier alpha value is -3.08. The molecule has 0 fully saturated rings. The Morgan fingerprint density at radius 2 is 1.84 bits per heavy atom. The van der Waals surface area contributed by atoms with E-state index >= 15 is 0 Å². The maximum Gasteiger partial charge on any atom is 0.247 e. The Kier molecular flexibility index (Phi) is 4.84. The molecule has 5 nitrogen and oxygen atoms in total. The van der Waals surface area contributed by atoms with Crippen LogP contribution in [-0.4, -0.2) is 24.4 Å². The number of hydrogen-bond acceptors (Lipinski definition) is 3. The molecule has 2 aromatic rings. The van der Waals surface area contributed by atoms with E-state index in [0.29, 0.717) is 6.54 Å². The number of amides is 2. The van der Waals surface area contributed by atoms with E-state index in [1.54, 1.807) is 0 Å². The second-order valence-electron chi connectivity index (χ2n) is 6.23. The molecule has 25 heavy (non-hydrogen) atoms. The van der Waals surface area contributed by atoms with E-state index in [4.69, 9.17) is 0 Å². The smallest absolute Gasteiger partial charge is 0.247 e. The number of benzene rings is 2. The van der Waals surface area contributed by atoms with Crippen molar-refractivity contribution in [2.45, 2.75) is 19.4 Å². The van der Waals surface area contributed by atoms with Gasteiger partial charge in [-0.25, -0.2) is 0 Å². The standard InChI is InChI=1S/C20H21N3O2/c1-14(2)13-23-17-11-7-6-10-16(17)22-20(25)18(23)12-19(24)21-15-8-4-3-5-9-15/h3-11,18H,1,12-13H2,2H3,(H,21,24)(H,22,25)/t18-/m0/s1. The van der Waals surface area contributed by atoms with Crippen LogP contribution in [0.25, 0.3) is 0 Å². The van der Waals surface area contributed by atoms with Gasteiger partial charge in [-0.05, 0) is 31.2 Å². The Balaban J connectivity index is 1.81. The van der Waals surface area contributed by atoms with Gasteiger partial charge in [-0.3, -0.25) is 9.59 Å². The average Bonchev–Trinajstić information content (AvgIpc) is 2.58. The summed E-state index contributed by atoms with van der Waals surface area (Å²) in [6.07, 6.45) is 0.0718.